The zero-order chi connectivity index (χ0) is 24.8. The summed E-state index contributed by atoms with van der Waals surface area (Å²) in [6, 6.07) is 26.7. The summed E-state index contributed by atoms with van der Waals surface area (Å²) in [6.07, 6.45) is 1.65. The normalized spacial score (nSPS) is 11.4. The van der Waals surface area contributed by atoms with Crippen LogP contribution in [0.1, 0.15) is 11.1 Å². The van der Waals surface area contributed by atoms with Crippen molar-refractivity contribution in [3.05, 3.63) is 107 Å². The molecule has 0 aliphatic carbocycles. The first-order valence-corrected chi connectivity index (χ1v) is 12.8. The number of benzene rings is 4. The van der Waals surface area contributed by atoms with Crippen LogP contribution in [0.4, 0.5) is 5.69 Å². The van der Waals surface area contributed by atoms with Crippen LogP contribution in [-0.2, 0) is 10.1 Å². The summed E-state index contributed by atoms with van der Waals surface area (Å²) in [5.41, 5.74) is 2.37. The number of halogens is 1. The van der Waals surface area contributed by atoms with Gasteiger partial charge in [-0.05, 0) is 89.1 Å². The second-order valence-corrected chi connectivity index (χ2v) is 9.95. The number of rotatable bonds is 8. The molecule has 35 heavy (non-hydrogen) atoms. The minimum atomic E-state index is -4.04. The Bertz CT molecular complexity index is 1440. The molecule has 6 nitrogen and oxygen atoms in total. The van der Waals surface area contributed by atoms with Gasteiger partial charge in [-0.25, -0.2) is 0 Å². The van der Waals surface area contributed by atoms with Crippen molar-refractivity contribution in [3.63, 3.8) is 0 Å². The largest absolute Gasteiger partial charge is 0.493 e. The van der Waals surface area contributed by atoms with Crippen molar-refractivity contribution < 1.29 is 22.1 Å². The van der Waals surface area contributed by atoms with E-state index in [1.165, 1.54) is 19.2 Å². The van der Waals surface area contributed by atoms with Crippen LogP contribution in [0.3, 0.4) is 0 Å². The van der Waals surface area contributed by atoms with Crippen LogP contribution >= 0.6 is 15.9 Å². The second-order valence-electron chi connectivity index (χ2n) is 7.55. The van der Waals surface area contributed by atoms with Crippen molar-refractivity contribution in [2.24, 2.45) is 4.99 Å². The highest BCUT2D eigenvalue weighted by atomic mass is 79.9. The maximum Gasteiger partial charge on any atom is 0.339 e. The molecule has 0 N–H and O–H groups in total. The lowest BCUT2D eigenvalue weighted by atomic mass is 10.2. The molecule has 4 aromatic rings. The molecule has 0 aliphatic rings. The lowest BCUT2D eigenvalue weighted by Crippen LogP contribution is -2.11. The molecule has 8 heteroatoms. The van der Waals surface area contributed by atoms with Gasteiger partial charge in [0.25, 0.3) is 0 Å². The predicted octanol–water partition coefficient (Wildman–Crippen LogP) is 7.08. The van der Waals surface area contributed by atoms with E-state index in [9.17, 15) is 8.42 Å². The minimum Gasteiger partial charge on any atom is -0.493 e. The highest BCUT2D eigenvalue weighted by molar-refractivity contribution is 9.10. The smallest absolute Gasteiger partial charge is 0.339 e. The van der Waals surface area contributed by atoms with Crippen molar-refractivity contribution in [2.75, 3.05) is 7.11 Å². The first kappa shape index (κ1) is 24.5. The summed E-state index contributed by atoms with van der Waals surface area (Å²) in [6.45, 7) is 1.88. The fourth-order valence-electron chi connectivity index (χ4n) is 3.13. The lowest BCUT2D eigenvalue weighted by Gasteiger charge is -2.13. The molecule has 0 unspecified atom stereocenters. The minimum absolute atomic E-state index is 0.0578. The molecule has 4 aromatic carbocycles. The van der Waals surface area contributed by atoms with Crippen molar-refractivity contribution in [2.45, 2.75) is 11.8 Å². The van der Waals surface area contributed by atoms with E-state index in [4.69, 9.17) is 13.7 Å². The van der Waals surface area contributed by atoms with Gasteiger partial charge in [0.2, 0.25) is 0 Å². The lowest BCUT2D eigenvalue weighted by molar-refractivity contribution is 0.389. The Balaban J connectivity index is 1.51. The van der Waals surface area contributed by atoms with Crippen LogP contribution in [0.25, 0.3) is 0 Å². The zero-order valence-electron chi connectivity index (χ0n) is 19.0. The quantitative estimate of drug-likeness (QED) is 0.173. The SMILES string of the molecule is COc1cc(C=Nc2ccc(Oc3ccccc3)cc2)cc(Br)c1OS(=O)(=O)c1ccc(C)cc1. The molecule has 0 aliphatic heterocycles. The van der Waals surface area contributed by atoms with Gasteiger partial charge in [-0.2, -0.15) is 8.42 Å². The van der Waals surface area contributed by atoms with Crippen LogP contribution in [0, 0.1) is 6.92 Å². The summed E-state index contributed by atoms with van der Waals surface area (Å²) >= 11 is 3.40. The van der Waals surface area contributed by atoms with Gasteiger partial charge in [-0.3, -0.25) is 4.99 Å². The molecule has 0 atom stereocenters. The van der Waals surface area contributed by atoms with E-state index in [-0.39, 0.29) is 16.4 Å². The molecule has 0 aromatic heterocycles. The third-order valence-corrected chi connectivity index (χ3v) is 6.76. The van der Waals surface area contributed by atoms with Gasteiger partial charge < -0.3 is 13.7 Å². The number of aliphatic imine (C=N–C) groups is 1. The molecule has 0 saturated heterocycles. The highest BCUT2D eigenvalue weighted by Crippen LogP contribution is 2.38. The van der Waals surface area contributed by atoms with Crippen LogP contribution in [-0.4, -0.2) is 21.7 Å². The van der Waals surface area contributed by atoms with Gasteiger partial charge >= 0.3 is 10.1 Å². The van der Waals surface area contributed by atoms with Crippen molar-refractivity contribution in [1.82, 2.24) is 0 Å². The molecule has 0 bridgehead atoms. The maximum atomic E-state index is 12.7. The number of aryl methyl sites for hydroxylation is 1. The zero-order valence-corrected chi connectivity index (χ0v) is 21.4. The fourth-order valence-corrected chi connectivity index (χ4v) is 4.74. The molecule has 178 valence electrons. The Morgan fingerprint density at radius 2 is 1.51 bits per heavy atom. The Morgan fingerprint density at radius 1 is 0.857 bits per heavy atom. The Kier molecular flexibility index (Phi) is 7.53. The Morgan fingerprint density at radius 3 is 2.17 bits per heavy atom. The third-order valence-electron chi connectivity index (χ3n) is 4.93. The Labute approximate surface area is 213 Å². The first-order chi connectivity index (χ1) is 16.8. The van der Waals surface area contributed by atoms with E-state index in [0.717, 1.165) is 17.0 Å². The average molecular weight is 552 g/mol. The number of hydrogen-bond acceptors (Lipinski definition) is 6. The third kappa shape index (κ3) is 6.29. The standard InChI is InChI=1S/C27H22BrNO5S/c1-19-8-14-24(15-9-19)35(30,31)34-27-25(28)16-20(17-26(27)32-2)18-29-21-10-12-23(13-11-21)33-22-6-4-3-5-7-22/h3-18H,1-2H3. The summed E-state index contributed by atoms with van der Waals surface area (Å²) in [4.78, 5) is 4.54. The molecule has 0 fully saturated rings. The predicted molar refractivity (Wildman–Crippen MR) is 140 cm³/mol. The van der Waals surface area contributed by atoms with Gasteiger partial charge in [0.1, 0.15) is 16.4 Å². The summed E-state index contributed by atoms with van der Waals surface area (Å²) in [5.74, 6) is 1.78. The van der Waals surface area contributed by atoms with E-state index in [1.807, 2.05) is 61.5 Å². The molecular weight excluding hydrogens is 530 g/mol. The molecule has 0 spiro atoms. The van der Waals surface area contributed by atoms with Crippen LogP contribution < -0.4 is 13.7 Å². The van der Waals surface area contributed by atoms with Crippen LogP contribution in [0.5, 0.6) is 23.0 Å². The molecule has 0 radical (unpaired) electrons. The second kappa shape index (κ2) is 10.8. The van der Waals surface area contributed by atoms with Gasteiger partial charge in [-0.15, -0.1) is 0 Å². The summed E-state index contributed by atoms with van der Waals surface area (Å²) in [5, 5.41) is 0. The van der Waals surface area contributed by atoms with E-state index >= 15 is 0 Å². The first-order valence-electron chi connectivity index (χ1n) is 10.6. The summed E-state index contributed by atoms with van der Waals surface area (Å²) < 4.78 is 42.5. The molecule has 0 amide bonds. The van der Waals surface area contributed by atoms with Gasteiger partial charge in [0.05, 0.1) is 17.3 Å². The van der Waals surface area contributed by atoms with E-state index in [2.05, 4.69) is 20.9 Å². The average Bonchev–Trinajstić information content (AvgIpc) is 2.86. The van der Waals surface area contributed by atoms with E-state index in [0.29, 0.717) is 15.8 Å². The molecule has 0 heterocycles. The number of para-hydroxylation sites is 1. The monoisotopic (exact) mass is 551 g/mol. The van der Waals surface area contributed by atoms with Crippen LogP contribution in [0.2, 0.25) is 0 Å². The molecule has 0 saturated carbocycles. The van der Waals surface area contributed by atoms with Crippen molar-refractivity contribution in [1.29, 1.82) is 0 Å². The topological polar surface area (TPSA) is 74.2 Å². The van der Waals surface area contributed by atoms with E-state index in [1.54, 1.807) is 30.5 Å². The van der Waals surface area contributed by atoms with Crippen LogP contribution in [0.15, 0.2) is 105 Å². The number of methoxy groups -OCH3 is 1. The maximum absolute atomic E-state index is 12.7. The summed E-state index contributed by atoms with van der Waals surface area (Å²) in [7, 11) is -2.59. The van der Waals surface area contributed by atoms with Gasteiger partial charge in [-0.1, -0.05) is 35.9 Å². The number of hydrogen-bond donors (Lipinski definition) is 0. The van der Waals surface area contributed by atoms with Gasteiger partial charge in [0.15, 0.2) is 11.5 Å². The number of nitrogens with zero attached hydrogens (tertiary/aromatic N) is 1. The number of ether oxygens (including phenoxy) is 2. The Hall–Kier alpha value is -3.62. The van der Waals surface area contributed by atoms with Crippen molar-refractivity contribution >= 4 is 38.0 Å². The van der Waals surface area contributed by atoms with Crippen molar-refractivity contribution in [3.8, 4) is 23.0 Å². The highest BCUT2D eigenvalue weighted by Gasteiger charge is 2.21. The molecule has 4 rings (SSSR count). The van der Waals surface area contributed by atoms with Gasteiger partial charge in [0, 0.05) is 6.21 Å². The van der Waals surface area contributed by atoms with E-state index < -0.39 is 10.1 Å². The molecular formula is C27H22BrNO5S. The fraction of sp³-hybridized carbons (Fsp3) is 0.0741.